The minimum Gasteiger partial charge on any atom is -0.397 e. The maximum atomic E-state index is 12.6. The van der Waals surface area contributed by atoms with E-state index in [1.54, 1.807) is 0 Å². The highest BCUT2D eigenvalue weighted by molar-refractivity contribution is 9.10. The summed E-state index contributed by atoms with van der Waals surface area (Å²) in [5, 5.41) is 0.947. The minimum absolute atomic E-state index is 0.0378. The van der Waals surface area contributed by atoms with Gasteiger partial charge in [0.25, 0.3) is 5.91 Å². The summed E-state index contributed by atoms with van der Waals surface area (Å²) in [6.45, 7) is 2.16. The van der Waals surface area contributed by atoms with Gasteiger partial charge in [0.1, 0.15) is 4.88 Å². The number of thiophene rings is 1. The van der Waals surface area contributed by atoms with Gasteiger partial charge in [-0.2, -0.15) is 0 Å². The molecule has 0 aliphatic carbocycles. The van der Waals surface area contributed by atoms with Crippen LogP contribution in [0.25, 0.3) is 10.1 Å². The molecule has 1 aromatic carbocycles. The maximum Gasteiger partial charge on any atom is 0.266 e. The smallest absolute Gasteiger partial charge is 0.266 e. The summed E-state index contributed by atoms with van der Waals surface area (Å²) in [5.41, 5.74) is 12.4. The van der Waals surface area contributed by atoms with Crippen LogP contribution >= 0.6 is 27.3 Å². The standard InChI is InChI=1S/C14H16BrN3OS/c15-9-1-2-11-10(5-9)12(17)13(20-11)14(19)18-4-3-8(6-16)7-18/h1-2,5,8H,3-4,6-7,16-17H2. The molecule has 20 heavy (non-hydrogen) atoms. The summed E-state index contributed by atoms with van der Waals surface area (Å²) >= 11 is 4.90. The lowest BCUT2D eigenvalue weighted by molar-refractivity contribution is 0.0793. The molecule has 0 spiro atoms. The van der Waals surface area contributed by atoms with Crippen molar-refractivity contribution in [3.63, 3.8) is 0 Å². The molecule has 4 N–H and O–H groups in total. The monoisotopic (exact) mass is 353 g/mol. The van der Waals surface area contributed by atoms with Crippen molar-refractivity contribution in [3.05, 3.63) is 27.5 Å². The van der Waals surface area contributed by atoms with Gasteiger partial charge in [0.2, 0.25) is 0 Å². The van der Waals surface area contributed by atoms with E-state index < -0.39 is 0 Å². The van der Waals surface area contributed by atoms with E-state index in [9.17, 15) is 4.79 Å². The lowest BCUT2D eigenvalue weighted by Crippen LogP contribution is -2.29. The first-order valence-electron chi connectivity index (χ1n) is 6.57. The molecular formula is C14H16BrN3OS. The quantitative estimate of drug-likeness (QED) is 0.871. The summed E-state index contributed by atoms with van der Waals surface area (Å²) < 4.78 is 2.02. The minimum atomic E-state index is 0.0378. The van der Waals surface area contributed by atoms with Crippen molar-refractivity contribution in [2.75, 3.05) is 25.4 Å². The molecular weight excluding hydrogens is 338 g/mol. The topological polar surface area (TPSA) is 72.3 Å². The number of nitrogen functional groups attached to an aromatic ring is 1. The molecule has 1 fully saturated rings. The van der Waals surface area contributed by atoms with Crippen molar-refractivity contribution in [2.45, 2.75) is 6.42 Å². The Hall–Kier alpha value is -1.11. The van der Waals surface area contributed by atoms with Crippen LogP contribution in [0.3, 0.4) is 0 Å². The lowest BCUT2D eigenvalue weighted by atomic mass is 10.1. The second-order valence-electron chi connectivity index (χ2n) is 5.13. The fraction of sp³-hybridized carbons (Fsp3) is 0.357. The highest BCUT2D eigenvalue weighted by Gasteiger charge is 2.28. The number of rotatable bonds is 2. The van der Waals surface area contributed by atoms with Gasteiger partial charge < -0.3 is 16.4 Å². The van der Waals surface area contributed by atoms with Crippen LogP contribution in [0.1, 0.15) is 16.1 Å². The van der Waals surface area contributed by atoms with Crippen LogP contribution in [0.15, 0.2) is 22.7 Å². The van der Waals surface area contributed by atoms with Crippen LogP contribution in [0.5, 0.6) is 0 Å². The number of benzene rings is 1. The first kappa shape index (κ1) is 13.9. The van der Waals surface area contributed by atoms with Gasteiger partial charge in [-0.15, -0.1) is 11.3 Å². The van der Waals surface area contributed by atoms with E-state index in [1.807, 2.05) is 23.1 Å². The number of anilines is 1. The molecule has 1 aliphatic heterocycles. The molecule has 1 unspecified atom stereocenters. The normalized spacial score (nSPS) is 18.9. The van der Waals surface area contributed by atoms with Crippen LogP contribution in [-0.4, -0.2) is 30.4 Å². The third-order valence-electron chi connectivity index (χ3n) is 3.79. The van der Waals surface area contributed by atoms with Crippen molar-refractivity contribution in [1.29, 1.82) is 0 Å². The summed E-state index contributed by atoms with van der Waals surface area (Å²) in [4.78, 5) is 15.1. The molecule has 106 valence electrons. The molecule has 1 aliphatic rings. The van der Waals surface area contributed by atoms with Crippen LogP contribution < -0.4 is 11.5 Å². The molecule has 0 radical (unpaired) electrons. The van der Waals surface area contributed by atoms with Crippen LogP contribution in [0.2, 0.25) is 0 Å². The average Bonchev–Trinajstić information content (AvgIpc) is 3.04. The van der Waals surface area contributed by atoms with E-state index in [4.69, 9.17) is 11.5 Å². The number of halogens is 1. The second kappa shape index (κ2) is 5.35. The Morgan fingerprint density at radius 1 is 1.50 bits per heavy atom. The molecule has 0 saturated carbocycles. The average molecular weight is 354 g/mol. The number of hydrogen-bond acceptors (Lipinski definition) is 4. The molecule has 1 saturated heterocycles. The number of nitrogens with two attached hydrogens (primary N) is 2. The Bertz CT molecular complexity index is 670. The number of hydrogen-bond donors (Lipinski definition) is 2. The van der Waals surface area contributed by atoms with Gasteiger partial charge in [-0.05, 0) is 37.1 Å². The number of nitrogens with zero attached hydrogens (tertiary/aromatic N) is 1. The Kier molecular flexibility index (Phi) is 3.70. The van der Waals surface area contributed by atoms with Gasteiger partial charge in [-0.25, -0.2) is 0 Å². The molecule has 6 heteroatoms. The van der Waals surface area contributed by atoms with Gasteiger partial charge >= 0.3 is 0 Å². The molecule has 2 aromatic rings. The second-order valence-corrected chi connectivity index (χ2v) is 7.09. The molecule has 1 atom stereocenters. The largest absolute Gasteiger partial charge is 0.397 e. The SMILES string of the molecule is NCC1CCN(C(=O)c2sc3ccc(Br)cc3c2N)C1. The fourth-order valence-electron chi connectivity index (χ4n) is 2.60. The van der Waals surface area contributed by atoms with Crippen molar-refractivity contribution in [3.8, 4) is 0 Å². The van der Waals surface area contributed by atoms with Crippen molar-refractivity contribution >= 4 is 48.9 Å². The van der Waals surface area contributed by atoms with E-state index in [-0.39, 0.29) is 5.91 Å². The lowest BCUT2D eigenvalue weighted by Gasteiger charge is -2.15. The molecule has 0 bridgehead atoms. The van der Waals surface area contributed by atoms with Crippen LogP contribution in [-0.2, 0) is 0 Å². The summed E-state index contributed by atoms with van der Waals surface area (Å²) in [5.74, 6) is 0.458. The highest BCUT2D eigenvalue weighted by atomic mass is 79.9. The highest BCUT2D eigenvalue weighted by Crippen LogP contribution is 2.36. The van der Waals surface area contributed by atoms with E-state index in [2.05, 4.69) is 15.9 Å². The fourth-order valence-corrected chi connectivity index (χ4v) is 4.03. The number of likely N-dealkylation sites (tertiary alicyclic amines) is 1. The third-order valence-corrected chi connectivity index (χ3v) is 5.46. The molecule has 2 heterocycles. The number of fused-ring (bicyclic) bond motifs is 1. The zero-order chi connectivity index (χ0) is 14.3. The van der Waals surface area contributed by atoms with Gasteiger partial charge in [0.05, 0.1) is 5.69 Å². The van der Waals surface area contributed by atoms with E-state index in [0.29, 0.717) is 23.0 Å². The molecule has 4 nitrogen and oxygen atoms in total. The van der Waals surface area contributed by atoms with Crippen molar-refractivity contribution < 1.29 is 4.79 Å². The van der Waals surface area contributed by atoms with Crippen molar-refractivity contribution in [2.24, 2.45) is 11.7 Å². The first-order chi connectivity index (χ1) is 9.60. The van der Waals surface area contributed by atoms with Gasteiger partial charge in [-0.3, -0.25) is 4.79 Å². The number of carbonyl (C=O) groups is 1. The van der Waals surface area contributed by atoms with Crippen molar-refractivity contribution in [1.82, 2.24) is 4.90 Å². The first-order valence-corrected chi connectivity index (χ1v) is 8.18. The van der Waals surface area contributed by atoms with E-state index >= 15 is 0 Å². The maximum absolute atomic E-state index is 12.6. The third kappa shape index (κ3) is 2.32. The van der Waals surface area contributed by atoms with Crippen LogP contribution in [0.4, 0.5) is 5.69 Å². The number of amides is 1. The summed E-state index contributed by atoms with van der Waals surface area (Å²) in [6.07, 6.45) is 0.985. The zero-order valence-corrected chi connectivity index (χ0v) is 13.3. The Labute approximate surface area is 129 Å². The molecule has 1 aromatic heterocycles. The Morgan fingerprint density at radius 3 is 3.00 bits per heavy atom. The Balaban J connectivity index is 1.94. The molecule has 3 rings (SSSR count). The summed E-state index contributed by atoms with van der Waals surface area (Å²) in [6, 6.07) is 5.92. The van der Waals surface area contributed by atoms with E-state index in [1.165, 1.54) is 11.3 Å². The predicted molar refractivity (Wildman–Crippen MR) is 87.0 cm³/mol. The summed E-state index contributed by atoms with van der Waals surface area (Å²) in [7, 11) is 0. The van der Waals surface area contributed by atoms with Gasteiger partial charge in [0.15, 0.2) is 0 Å². The van der Waals surface area contributed by atoms with Gasteiger partial charge in [0, 0.05) is 27.6 Å². The van der Waals surface area contributed by atoms with E-state index in [0.717, 1.165) is 34.1 Å². The Morgan fingerprint density at radius 2 is 2.30 bits per heavy atom. The van der Waals surface area contributed by atoms with Gasteiger partial charge in [-0.1, -0.05) is 15.9 Å². The zero-order valence-electron chi connectivity index (χ0n) is 10.9. The predicted octanol–water partition coefficient (Wildman–Crippen LogP) is 2.67. The van der Waals surface area contributed by atoms with Crippen LogP contribution in [0, 0.1) is 5.92 Å². The molecule has 1 amide bonds. The number of carbonyl (C=O) groups excluding carboxylic acids is 1.